The van der Waals surface area contributed by atoms with E-state index in [1.54, 1.807) is 12.1 Å². The molecule has 2 rings (SSSR count). The van der Waals surface area contributed by atoms with Crippen molar-refractivity contribution < 1.29 is 9.66 Å². The van der Waals surface area contributed by atoms with Gasteiger partial charge < -0.3 is 4.74 Å². The SMILES string of the molecule is Cc1ccc([N+](=O)[O-])cc1Oc1cccc(CCl)c1. The van der Waals surface area contributed by atoms with Gasteiger partial charge in [0.25, 0.3) is 5.69 Å². The highest BCUT2D eigenvalue weighted by atomic mass is 35.5. The number of hydrogen-bond acceptors (Lipinski definition) is 3. The molecule has 0 aliphatic rings. The Bertz CT molecular complexity index is 613. The molecule has 98 valence electrons. The van der Waals surface area contributed by atoms with Gasteiger partial charge in [0.15, 0.2) is 0 Å². The van der Waals surface area contributed by atoms with E-state index in [0.29, 0.717) is 17.4 Å². The first-order valence-electron chi connectivity index (χ1n) is 5.68. The summed E-state index contributed by atoms with van der Waals surface area (Å²) in [5, 5.41) is 10.7. The number of ether oxygens (including phenoxy) is 1. The van der Waals surface area contributed by atoms with Crippen molar-refractivity contribution in [2.45, 2.75) is 12.8 Å². The fraction of sp³-hybridized carbons (Fsp3) is 0.143. The summed E-state index contributed by atoms with van der Waals surface area (Å²) in [5.41, 5.74) is 1.78. The molecule has 2 aromatic rings. The van der Waals surface area contributed by atoms with E-state index in [4.69, 9.17) is 16.3 Å². The molecule has 0 heterocycles. The molecule has 0 aliphatic heterocycles. The van der Waals surface area contributed by atoms with Crippen molar-refractivity contribution in [3.05, 3.63) is 63.7 Å². The molecule has 4 nitrogen and oxygen atoms in total. The molecule has 19 heavy (non-hydrogen) atoms. The lowest BCUT2D eigenvalue weighted by Crippen LogP contribution is -1.92. The largest absolute Gasteiger partial charge is 0.457 e. The van der Waals surface area contributed by atoms with Gasteiger partial charge >= 0.3 is 0 Å². The topological polar surface area (TPSA) is 52.4 Å². The monoisotopic (exact) mass is 277 g/mol. The first-order valence-corrected chi connectivity index (χ1v) is 6.21. The first kappa shape index (κ1) is 13.4. The maximum Gasteiger partial charge on any atom is 0.273 e. The Morgan fingerprint density at radius 2 is 2.05 bits per heavy atom. The molecule has 0 aromatic heterocycles. The van der Waals surface area contributed by atoms with Gasteiger partial charge in [0, 0.05) is 11.9 Å². The van der Waals surface area contributed by atoms with Crippen LogP contribution in [0.2, 0.25) is 0 Å². The minimum atomic E-state index is -0.443. The Hall–Kier alpha value is -2.07. The van der Waals surface area contributed by atoms with Crippen LogP contribution in [0.5, 0.6) is 11.5 Å². The van der Waals surface area contributed by atoms with Crippen LogP contribution in [0.15, 0.2) is 42.5 Å². The molecule has 0 aliphatic carbocycles. The second-order valence-electron chi connectivity index (χ2n) is 4.09. The molecule has 0 radical (unpaired) electrons. The van der Waals surface area contributed by atoms with Crippen molar-refractivity contribution in [2.75, 3.05) is 0 Å². The Morgan fingerprint density at radius 3 is 2.74 bits per heavy atom. The van der Waals surface area contributed by atoms with Crippen molar-refractivity contribution >= 4 is 17.3 Å². The number of hydrogen-bond donors (Lipinski definition) is 0. The fourth-order valence-electron chi connectivity index (χ4n) is 1.63. The highest BCUT2D eigenvalue weighted by molar-refractivity contribution is 6.17. The van der Waals surface area contributed by atoms with Crippen molar-refractivity contribution in [1.82, 2.24) is 0 Å². The van der Waals surface area contributed by atoms with Crippen molar-refractivity contribution in [1.29, 1.82) is 0 Å². The molecule has 0 saturated heterocycles. The zero-order valence-corrected chi connectivity index (χ0v) is 11.1. The van der Waals surface area contributed by atoms with Crippen LogP contribution >= 0.6 is 11.6 Å². The van der Waals surface area contributed by atoms with Crippen LogP contribution in [0.1, 0.15) is 11.1 Å². The molecule has 0 bridgehead atoms. The number of nitro benzene ring substituents is 1. The van der Waals surface area contributed by atoms with Crippen molar-refractivity contribution in [2.24, 2.45) is 0 Å². The van der Waals surface area contributed by atoms with Crippen molar-refractivity contribution in [3.63, 3.8) is 0 Å². The summed E-state index contributed by atoms with van der Waals surface area (Å²) in [6.45, 7) is 1.84. The molecule has 0 unspecified atom stereocenters. The molecule has 0 spiro atoms. The predicted molar refractivity (Wildman–Crippen MR) is 73.9 cm³/mol. The number of alkyl halides is 1. The number of halogens is 1. The Balaban J connectivity index is 2.31. The third-order valence-corrected chi connectivity index (χ3v) is 2.97. The number of nitrogens with zero attached hydrogens (tertiary/aromatic N) is 1. The quantitative estimate of drug-likeness (QED) is 0.472. The molecule has 0 fully saturated rings. The van der Waals surface area contributed by atoms with E-state index in [0.717, 1.165) is 11.1 Å². The molecule has 0 amide bonds. The van der Waals surface area contributed by atoms with Crippen LogP contribution in [0.4, 0.5) is 5.69 Å². The summed E-state index contributed by atoms with van der Waals surface area (Å²) in [7, 11) is 0. The van der Waals surface area contributed by atoms with E-state index < -0.39 is 4.92 Å². The van der Waals surface area contributed by atoms with E-state index in [-0.39, 0.29) is 5.69 Å². The van der Waals surface area contributed by atoms with Gasteiger partial charge in [-0.1, -0.05) is 12.1 Å². The van der Waals surface area contributed by atoms with Crippen LogP contribution < -0.4 is 4.74 Å². The minimum absolute atomic E-state index is 0.00842. The molecule has 0 N–H and O–H groups in total. The molecule has 0 atom stereocenters. The summed E-state index contributed by atoms with van der Waals surface area (Å²) in [6, 6.07) is 11.9. The zero-order chi connectivity index (χ0) is 13.8. The number of rotatable bonds is 4. The highest BCUT2D eigenvalue weighted by Crippen LogP contribution is 2.29. The van der Waals surface area contributed by atoms with Gasteiger partial charge in [0.2, 0.25) is 0 Å². The van der Waals surface area contributed by atoms with Gasteiger partial charge in [-0.05, 0) is 36.2 Å². The van der Waals surface area contributed by atoms with E-state index in [2.05, 4.69) is 0 Å². The smallest absolute Gasteiger partial charge is 0.273 e. The molecular formula is C14H12ClNO3. The van der Waals surface area contributed by atoms with Gasteiger partial charge in [-0.2, -0.15) is 0 Å². The number of nitro groups is 1. The van der Waals surface area contributed by atoms with Gasteiger partial charge in [-0.15, -0.1) is 11.6 Å². The van der Waals surface area contributed by atoms with Crippen molar-refractivity contribution in [3.8, 4) is 11.5 Å². The third-order valence-electron chi connectivity index (χ3n) is 2.66. The third kappa shape index (κ3) is 3.23. The summed E-state index contributed by atoms with van der Waals surface area (Å²) < 4.78 is 5.68. The lowest BCUT2D eigenvalue weighted by atomic mass is 10.2. The Morgan fingerprint density at radius 1 is 1.26 bits per heavy atom. The summed E-state index contributed by atoms with van der Waals surface area (Å²) in [4.78, 5) is 10.3. The summed E-state index contributed by atoms with van der Waals surface area (Å²) >= 11 is 5.76. The standard InChI is InChI=1S/C14H12ClNO3/c1-10-5-6-12(16(17)18)8-14(10)19-13-4-2-3-11(7-13)9-15/h2-8H,9H2,1H3. The second kappa shape index (κ2) is 5.71. The minimum Gasteiger partial charge on any atom is -0.457 e. The molecular weight excluding hydrogens is 266 g/mol. The fourth-order valence-corrected chi connectivity index (χ4v) is 1.80. The Labute approximate surface area is 115 Å². The van der Waals surface area contributed by atoms with Crippen LogP contribution in [-0.4, -0.2) is 4.92 Å². The zero-order valence-electron chi connectivity index (χ0n) is 10.3. The van der Waals surface area contributed by atoms with Gasteiger partial charge in [0.05, 0.1) is 11.0 Å². The lowest BCUT2D eigenvalue weighted by Gasteiger charge is -2.09. The Kier molecular flexibility index (Phi) is 4.02. The normalized spacial score (nSPS) is 10.2. The number of aryl methyl sites for hydroxylation is 1. The molecule has 0 saturated carbocycles. The molecule has 2 aromatic carbocycles. The van der Waals surface area contributed by atoms with Gasteiger partial charge in [-0.3, -0.25) is 10.1 Å². The average molecular weight is 278 g/mol. The average Bonchev–Trinajstić information content (AvgIpc) is 2.41. The van der Waals surface area contributed by atoms with Crippen LogP contribution in [0.3, 0.4) is 0 Å². The summed E-state index contributed by atoms with van der Waals surface area (Å²) in [5.74, 6) is 1.48. The first-order chi connectivity index (χ1) is 9.10. The van der Waals surface area contributed by atoms with Crippen LogP contribution in [0, 0.1) is 17.0 Å². The van der Waals surface area contributed by atoms with Gasteiger partial charge in [0.1, 0.15) is 11.5 Å². The number of benzene rings is 2. The van der Waals surface area contributed by atoms with Crippen LogP contribution in [0.25, 0.3) is 0 Å². The maximum atomic E-state index is 10.7. The van der Waals surface area contributed by atoms with E-state index >= 15 is 0 Å². The van der Waals surface area contributed by atoms with Crippen LogP contribution in [-0.2, 0) is 5.88 Å². The second-order valence-corrected chi connectivity index (χ2v) is 4.36. The summed E-state index contributed by atoms with van der Waals surface area (Å²) in [6.07, 6.45) is 0. The van der Waals surface area contributed by atoms with E-state index in [1.165, 1.54) is 12.1 Å². The van der Waals surface area contributed by atoms with Gasteiger partial charge in [-0.25, -0.2) is 0 Å². The number of non-ortho nitro benzene ring substituents is 1. The highest BCUT2D eigenvalue weighted by Gasteiger charge is 2.10. The predicted octanol–water partition coefficient (Wildman–Crippen LogP) is 4.43. The van der Waals surface area contributed by atoms with E-state index in [9.17, 15) is 10.1 Å². The maximum absolute atomic E-state index is 10.7. The van der Waals surface area contributed by atoms with E-state index in [1.807, 2.05) is 25.1 Å². The molecule has 5 heteroatoms. The lowest BCUT2D eigenvalue weighted by molar-refractivity contribution is -0.384.